The van der Waals surface area contributed by atoms with Crippen molar-refractivity contribution in [3.8, 4) is 5.75 Å². The highest BCUT2D eigenvalue weighted by Gasteiger charge is 2.06. The van der Waals surface area contributed by atoms with Crippen LogP contribution in [0.5, 0.6) is 5.75 Å². The third-order valence-corrected chi connectivity index (χ3v) is 2.74. The van der Waals surface area contributed by atoms with Crippen LogP contribution in [0.15, 0.2) is 41.0 Å². The van der Waals surface area contributed by atoms with Gasteiger partial charge in [0.15, 0.2) is 0 Å². The molecule has 0 saturated carbocycles. The van der Waals surface area contributed by atoms with Gasteiger partial charge >= 0.3 is 0 Å². The van der Waals surface area contributed by atoms with Crippen LogP contribution in [0.2, 0.25) is 0 Å². The maximum absolute atomic E-state index is 11.7. The molecule has 88 valence electrons. The first-order valence-electron chi connectivity index (χ1n) is 5.05. The van der Waals surface area contributed by atoms with Crippen molar-refractivity contribution >= 4 is 21.8 Å². The number of benzene rings is 1. The molecule has 3 N–H and O–H groups in total. The quantitative estimate of drug-likeness (QED) is 0.814. The zero-order chi connectivity index (χ0) is 12.3. The molecule has 0 saturated heterocycles. The van der Waals surface area contributed by atoms with Gasteiger partial charge in [-0.3, -0.25) is 4.79 Å². The topological polar surface area (TPSA) is 65.1 Å². The second kappa shape index (κ2) is 5.05. The Kier molecular flexibility index (Phi) is 3.49. The minimum atomic E-state index is -0.163. The van der Waals surface area contributed by atoms with E-state index in [0.29, 0.717) is 12.2 Å². The molecule has 1 aromatic heterocycles. The number of rotatable bonds is 3. The van der Waals surface area contributed by atoms with Crippen molar-refractivity contribution < 1.29 is 9.90 Å². The van der Waals surface area contributed by atoms with Crippen LogP contribution in [0.3, 0.4) is 0 Å². The van der Waals surface area contributed by atoms with E-state index in [1.165, 1.54) is 0 Å². The second-order valence-electron chi connectivity index (χ2n) is 3.58. The van der Waals surface area contributed by atoms with Crippen LogP contribution >= 0.6 is 15.9 Å². The van der Waals surface area contributed by atoms with Gasteiger partial charge in [0, 0.05) is 17.2 Å². The summed E-state index contributed by atoms with van der Waals surface area (Å²) in [6.45, 7) is 0.426. The molecule has 17 heavy (non-hydrogen) atoms. The average Bonchev–Trinajstić information content (AvgIpc) is 2.75. The fourth-order valence-electron chi connectivity index (χ4n) is 1.39. The van der Waals surface area contributed by atoms with Gasteiger partial charge in [-0.05, 0) is 39.7 Å². The number of carbonyl (C=O) groups is 1. The lowest BCUT2D eigenvalue weighted by atomic mass is 10.2. The van der Waals surface area contributed by atoms with Gasteiger partial charge in [0.05, 0.1) is 0 Å². The molecule has 0 aliphatic carbocycles. The van der Waals surface area contributed by atoms with E-state index in [1.807, 2.05) is 0 Å². The molecule has 0 aliphatic heterocycles. The summed E-state index contributed by atoms with van der Waals surface area (Å²) in [4.78, 5) is 14.5. The third kappa shape index (κ3) is 3.10. The number of carbonyl (C=O) groups excluding carboxylic acids is 1. The molecule has 0 bridgehead atoms. The summed E-state index contributed by atoms with van der Waals surface area (Å²) in [5.41, 5.74) is 1.44. The highest BCUT2D eigenvalue weighted by Crippen LogP contribution is 2.11. The average molecular weight is 295 g/mol. The van der Waals surface area contributed by atoms with Gasteiger partial charge in [-0.1, -0.05) is 12.1 Å². The molecule has 1 amide bonds. The minimum absolute atomic E-state index is 0.163. The Labute approximate surface area is 107 Å². The Balaban J connectivity index is 1.94. The molecule has 5 heteroatoms. The number of phenols is 1. The lowest BCUT2D eigenvalue weighted by Crippen LogP contribution is -2.22. The van der Waals surface area contributed by atoms with Crippen LogP contribution in [0.1, 0.15) is 16.1 Å². The number of amides is 1. The number of aromatic nitrogens is 1. The second-order valence-corrected chi connectivity index (χ2v) is 4.50. The van der Waals surface area contributed by atoms with Crippen molar-refractivity contribution in [3.63, 3.8) is 0 Å². The van der Waals surface area contributed by atoms with E-state index in [1.54, 1.807) is 36.5 Å². The molecule has 1 aromatic carbocycles. The van der Waals surface area contributed by atoms with E-state index in [2.05, 4.69) is 26.2 Å². The first kappa shape index (κ1) is 11.7. The molecule has 1 heterocycles. The van der Waals surface area contributed by atoms with E-state index < -0.39 is 0 Å². The van der Waals surface area contributed by atoms with E-state index in [9.17, 15) is 4.79 Å². The monoisotopic (exact) mass is 294 g/mol. The predicted octanol–water partition coefficient (Wildman–Crippen LogP) is 2.41. The summed E-state index contributed by atoms with van der Waals surface area (Å²) in [6.07, 6.45) is 1.70. The zero-order valence-electron chi connectivity index (χ0n) is 8.90. The van der Waals surface area contributed by atoms with E-state index in [4.69, 9.17) is 5.11 Å². The summed E-state index contributed by atoms with van der Waals surface area (Å²) in [5.74, 6) is 0.0529. The Morgan fingerprint density at radius 3 is 2.65 bits per heavy atom. The van der Waals surface area contributed by atoms with Crippen molar-refractivity contribution in [2.75, 3.05) is 0 Å². The van der Waals surface area contributed by atoms with Crippen LogP contribution in [0.4, 0.5) is 0 Å². The molecular weight excluding hydrogens is 284 g/mol. The smallest absolute Gasteiger partial charge is 0.267 e. The maximum atomic E-state index is 11.7. The molecule has 0 radical (unpaired) electrons. The van der Waals surface area contributed by atoms with E-state index in [0.717, 1.165) is 10.0 Å². The lowest BCUT2D eigenvalue weighted by molar-refractivity contribution is 0.0946. The lowest BCUT2D eigenvalue weighted by Gasteiger charge is -2.03. The molecule has 0 unspecified atom stereocenters. The first-order chi connectivity index (χ1) is 8.15. The Bertz CT molecular complexity index is 520. The zero-order valence-corrected chi connectivity index (χ0v) is 10.5. The van der Waals surface area contributed by atoms with Crippen molar-refractivity contribution in [1.82, 2.24) is 10.3 Å². The van der Waals surface area contributed by atoms with Crippen LogP contribution in [-0.2, 0) is 6.54 Å². The Morgan fingerprint density at radius 1 is 1.35 bits per heavy atom. The van der Waals surface area contributed by atoms with Gasteiger partial charge < -0.3 is 15.4 Å². The number of hydrogen-bond donors (Lipinski definition) is 3. The van der Waals surface area contributed by atoms with Gasteiger partial charge in [0.1, 0.15) is 11.4 Å². The highest BCUT2D eigenvalue weighted by molar-refractivity contribution is 9.10. The van der Waals surface area contributed by atoms with Crippen molar-refractivity contribution in [1.29, 1.82) is 0 Å². The largest absolute Gasteiger partial charge is 0.508 e. The molecule has 0 fully saturated rings. The van der Waals surface area contributed by atoms with Gasteiger partial charge in [-0.2, -0.15) is 0 Å². The number of phenolic OH excluding ortho intramolecular Hbond substituents is 1. The molecule has 2 aromatic rings. The van der Waals surface area contributed by atoms with Crippen molar-refractivity contribution in [2.24, 2.45) is 0 Å². The first-order valence-corrected chi connectivity index (χ1v) is 5.84. The van der Waals surface area contributed by atoms with Crippen LogP contribution in [0.25, 0.3) is 0 Å². The molecule has 2 rings (SSSR count). The van der Waals surface area contributed by atoms with E-state index >= 15 is 0 Å². The van der Waals surface area contributed by atoms with Gasteiger partial charge in [0.2, 0.25) is 0 Å². The highest BCUT2D eigenvalue weighted by atomic mass is 79.9. The molecule has 0 aliphatic rings. The number of H-pyrrole nitrogens is 1. The Morgan fingerprint density at radius 2 is 2.06 bits per heavy atom. The fraction of sp³-hybridized carbons (Fsp3) is 0.0833. The van der Waals surface area contributed by atoms with Crippen LogP contribution < -0.4 is 5.32 Å². The third-order valence-electron chi connectivity index (χ3n) is 2.28. The number of nitrogens with one attached hydrogen (secondary N) is 2. The summed E-state index contributed by atoms with van der Waals surface area (Å²) in [6, 6.07) is 8.42. The number of aromatic hydroxyl groups is 1. The van der Waals surface area contributed by atoms with Gasteiger partial charge in [0.25, 0.3) is 5.91 Å². The van der Waals surface area contributed by atoms with Gasteiger partial charge in [-0.15, -0.1) is 0 Å². The molecule has 4 nitrogen and oxygen atoms in total. The van der Waals surface area contributed by atoms with Crippen LogP contribution in [0, 0.1) is 0 Å². The molecular formula is C12H11BrN2O2. The Hall–Kier alpha value is -1.75. The maximum Gasteiger partial charge on any atom is 0.267 e. The van der Waals surface area contributed by atoms with Gasteiger partial charge in [-0.25, -0.2) is 0 Å². The summed E-state index contributed by atoms with van der Waals surface area (Å²) in [7, 11) is 0. The summed E-state index contributed by atoms with van der Waals surface area (Å²) >= 11 is 3.27. The predicted molar refractivity (Wildman–Crippen MR) is 67.8 cm³/mol. The summed E-state index contributed by atoms with van der Waals surface area (Å²) < 4.78 is 0.840. The number of aromatic amines is 1. The summed E-state index contributed by atoms with van der Waals surface area (Å²) in [5, 5.41) is 11.9. The normalized spacial score (nSPS) is 10.2. The standard InChI is InChI=1S/C12H11BrN2O2/c13-9-5-11(14-7-9)12(17)15-6-8-1-3-10(16)4-2-8/h1-5,7,14,16H,6H2,(H,15,17). The number of halogens is 1. The van der Waals surface area contributed by atoms with Crippen molar-refractivity contribution in [3.05, 3.63) is 52.3 Å². The van der Waals surface area contributed by atoms with E-state index in [-0.39, 0.29) is 11.7 Å². The van der Waals surface area contributed by atoms with Crippen molar-refractivity contribution in [2.45, 2.75) is 6.54 Å². The van der Waals surface area contributed by atoms with Crippen LogP contribution in [-0.4, -0.2) is 16.0 Å². The fourth-order valence-corrected chi connectivity index (χ4v) is 1.73. The molecule has 0 atom stereocenters. The SMILES string of the molecule is O=C(NCc1ccc(O)cc1)c1cc(Br)c[nH]1. The number of hydrogen-bond acceptors (Lipinski definition) is 2. The minimum Gasteiger partial charge on any atom is -0.508 e. The molecule has 0 spiro atoms.